The molecule has 0 bridgehead atoms. The predicted molar refractivity (Wildman–Crippen MR) is 67.3 cm³/mol. The normalized spacial score (nSPS) is 14.7. The van der Waals surface area contributed by atoms with Crippen LogP contribution in [-0.2, 0) is 6.18 Å². The molecule has 104 valence electrons. The first-order chi connectivity index (χ1) is 8.88. The highest BCUT2D eigenvalue weighted by Gasteiger charge is 2.30. The molecule has 0 amide bonds. The molecule has 0 fully saturated rings. The van der Waals surface area contributed by atoms with Crippen LogP contribution < -0.4 is 5.32 Å². The second-order valence-corrected chi connectivity index (χ2v) is 4.17. The van der Waals surface area contributed by atoms with Crippen molar-refractivity contribution in [1.29, 1.82) is 0 Å². The topological polar surface area (TPSA) is 32.3 Å². The van der Waals surface area contributed by atoms with E-state index in [1.807, 2.05) is 6.92 Å². The molecule has 19 heavy (non-hydrogen) atoms. The Kier molecular flexibility index (Phi) is 5.40. The fourth-order valence-electron chi connectivity index (χ4n) is 1.59. The summed E-state index contributed by atoms with van der Waals surface area (Å²) in [6.45, 7) is 2.11. The smallest absolute Gasteiger partial charge is 0.387 e. The third-order valence-corrected chi connectivity index (χ3v) is 2.79. The molecule has 2 nitrogen and oxygen atoms in total. The Balaban J connectivity index is 2.63. The van der Waals surface area contributed by atoms with Crippen LogP contribution in [0.4, 0.5) is 13.2 Å². The molecule has 1 rings (SSSR count). The first-order valence-corrected chi connectivity index (χ1v) is 5.93. The zero-order valence-corrected chi connectivity index (χ0v) is 10.5. The fourth-order valence-corrected chi connectivity index (χ4v) is 1.59. The Bertz CT molecular complexity index is 433. The zero-order valence-electron chi connectivity index (χ0n) is 10.5. The van der Waals surface area contributed by atoms with E-state index in [0.29, 0.717) is 5.56 Å². The highest BCUT2D eigenvalue weighted by Crippen LogP contribution is 2.29. The number of benzene rings is 1. The molecule has 0 spiro atoms. The molecule has 0 aliphatic carbocycles. The molecule has 0 aromatic heterocycles. The van der Waals surface area contributed by atoms with Crippen LogP contribution in [0.2, 0.25) is 0 Å². The summed E-state index contributed by atoms with van der Waals surface area (Å²) in [7, 11) is 0. The standard InChI is InChI=1S/C14H16F3NO/c1-3-12(4-2)18-9-13(19)10-5-7-11(8-6-10)14(15,16)17/h1,5-8,12-13,18-19H,4,9H2,2H3. The molecule has 0 heterocycles. The minimum Gasteiger partial charge on any atom is -0.387 e. The van der Waals surface area contributed by atoms with E-state index in [1.165, 1.54) is 12.1 Å². The molecule has 2 N–H and O–H groups in total. The van der Waals surface area contributed by atoms with Gasteiger partial charge < -0.3 is 10.4 Å². The summed E-state index contributed by atoms with van der Waals surface area (Å²) in [5.41, 5.74) is -0.307. The van der Waals surface area contributed by atoms with Crippen LogP contribution in [-0.4, -0.2) is 17.7 Å². The van der Waals surface area contributed by atoms with Gasteiger partial charge >= 0.3 is 6.18 Å². The van der Waals surface area contributed by atoms with Gasteiger partial charge in [-0.15, -0.1) is 6.42 Å². The van der Waals surface area contributed by atoms with Crippen LogP contribution in [0.3, 0.4) is 0 Å². The summed E-state index contributed by atoms with van der Waals surface area (Å²) in [6.07, 6.45) is 0.728. The molecular weight excluding hydrogens is 255 g/mol. The molecule has 0 aliphatic rings. The maximum atomic E-state index is 12.4. The quantitative estimate of drug-likeness (QED) is 0.807. The van der Waals surface area contributed by atoms with Gasteiger partial charge in [0.25, 0.3) is 0 Å². The molecule has 0 radical (unpaired) electrons. The van der Waals surface area contributed by atoms with Gasteiger partial charge in [0.05, 0.1) is 17.7 Å². The Labute approximate surface area is 110 Å². The van der Waals surface area contributed by atoms with Gasteiger partial charge in [0.2, 0.25) is 0 Å². The average Bonchev–Trinajstić information content (AvgIpc) is 2.39. The zero-order chi connectivity index (χ0) is 14.5. The van der Waals surface area contributed by atoms with Crippen LogP contribution in [0.25, 0.3) is 0 Å². The lowest BCUT2D eigenvalue weighted by Crippen LogP contribution is -2.31. The summed E-state index contributed by atoms with van der Waals surface area (Å²) < 4.78 is 37.1. The molecular formula is C14H16F3NO. The van der Waals surface area contributed by atoms with Gasteiger partial charge in [0, 0.05) is 6.54 Å². The monoisotopic (exact) mass is 271 g/mol. The summed E-state index contributed by atoms with van der Waals surface area (Å²) in [5, 5.41) is 12.8. The van der Waals surface area contributed by atoms with Gasteiger partial charge in [-0.25, -0.2) is 0 Å². The van der Waals surface area contributed by atoms with E-state index in [-0.39, 0.29) is 12.6 Å². The van der Waals surface area contributed by atoms with E-state index in [2.05, 4.69) is 11.2 Å². The third-order valence-electron chi connectivity index (χ3n) is 2.79. The van der Waals surface area contributed by atoms with Gasteiger partial charge in [-0.1, -0.05) is 25.0 Å². The lowest BCUT2D eigenvalue weighted by molar-refractivity contribution is -0.137. The highest BCUT2D eigenvalue weighted by atomic mass is 19.4. The Morgan fingerprint density at radius 3 is 2.32 bits per heavy atom. The number of alkyl halides is 3. The number of halogens is 3. The SMILES string of the molecule is C#CC(CC)NCC(O)c1ccc(C(F)(F)F)cc1. The highest BCUT2D eigenvalue weighted by molar-refractivity contribution is 5.26. The number of hydrogen-bond donors (Lipinski definition) is 2. The molecule has 1 aromatic carbocycles. The van der Waals surface area contributed by atoms with Crippen LogP contribution in [0, 0.1) is 12.3 Å². The van der Waals surface area contributed by atoms with Gasteiger partial charge in [0.15, 0.2) is 0 Å². The largest absolute Gasteiger partial charge is 0.416 e. The Hall–Kier alpha value is -1.51. The number of terminal acetylenes is 1. The minimum atomic E-state index is -4.36. The van der Waals surface area contributed by atoms with Crippen molar-refractivity contribution < 1.29 is 18.3 Å². The van der Waals surface area contributed by atoms with Crippen molar-refractivity contribution in [3.63, 3.8) is 0 Å². The number of hydrogen-bond acceptors (Lipinski definition) is 2. The van der Waals surface area contributed by atoms with Crippen LogP contribution in [0.5, 0.6) is 0 Å². The lowest BCUT2D eigenvalue weighted by Gasteiger charge is -2.16. The van der Waals surface area contributed by atoms with Gasteiger partial charge in [-0.05, 0) is 24.1 Å². The lowest BCUT2D eigenvalue weighted by atomic mass is 10.1. The second kappa shape index (κ2) is 6.60. The van der Waals surface area contributed by atoms with Crippen molar-refractivity contribution in [3.05, 3.63) is 35.4 Å². The molecule has 0 aliphatic heterocycles. The fraction of sp³-hybridized carbons (Fsp3) is 0.429. The van der Waals surface area contributed by atoms with Crippen molar-refractivity contribution in [2.24, 2.45) is 0 Å². The van der Waals surface area contributed by atoms with Crippen molar-refractivity contribution in [3.8, 4) is 12.3 Å². The maximum Gasteiger partial charge on any atom is 0.416 e. The van der Waals surface area contributed by atoms with Crippen LogP contribution >= 0.6 is 0 Å². The van der Waals surface area contributed by atoms with Crippen molar-refractivity contribution >= 4 is 0 Å². The summed E-state index contributed by atoms with van der Waals surface area (Å²) >= 11 is 0. The van der Waals surface area contributed by atoms with Crippen molar-refractivity contribution in [2.75, 3.05) is 6.54 Å². The van der Waals surface area contributed by atoms with Gasteiger partial charge in [0.1, 0.15) is 0 Å². The van der Waals surface area contributed by atoms with Gasteiger partial charge in [-0.3, -0.25) is 0 Å². The van der Waals surface area contributed by atoms with E-state index in [0.717, 1.165) is 18.6 Å². The minimum absolute atomic E-state index is 0.149. The molecule has 5 heteroatoms. The third kappa shape index (κ3) is 4.58. The summed E-state index contributed by atoms with van der Waals surface area (Å²) in [4.78, 5) is 0. The number of rotatable bonds is 5. The predicted octanol–water partition coefficient (Wildman–Crippen LogP) is 2.74. The number of aliphatic hydroxyl groups is 1. The maximum absolute atomic E-state index is 12.4. The number of aliphatic hydroxyl groups excluding tert-OH is 1. The van der Waals surface area contributed by atoms with E-state index in [1.54, 1.807) is 0 Å². The Morgan fingerprint density at radius 2 is 1.89 bits per heavy atom. The second-order valence-electron chi connectivity index (χ2n) is 4.17. The van der Waals surface area contributed by atoms with Gasteiger partial charge in [-0.2, -0.15) is 13.2 Å². The average molecular weight is 271 g/mol. The van der Waals surface area contributed by atoms with Crippen LogP contribution in [0.1, 0.15) is 30.6 Å². The first-order valence-electron chi connectivity index (χ1n) is 5.93. The molecule has 2 unspecified atom stereocenters. The number of nitrogens with one attached hydrogen (secondary N) is 1. The van der Waals surface area contributed by atoms with Crippen LogP contribution in [0.15, 0.2) is 24.3 Å². The van der Waals surface area contributed by atoms with E-state index in [4.69, 9.17) is 6.42 Å². The molecule has 0 saturated heterocycles. The molecule has 2 atom stereocenters. The van der Waals surface area contributed by atoms with E-state index >= 15 is 0 Å². The van der Waals surface area contributed by atoms with E-state index < -0.39 is 17.8 Å². The van der Waals surface area contributed by atoms with E-state index in [9.17, 15) is 18.3 Å². The molecule has 1 aromatic rings. The summed E-state index contributed by atoms with van der Waals surface area (Å²) in [5.74, 6) is 2.52. The molecule has 0 saturated carbocycles. The first kappa shape index (κ1) is 15.5. The summed E-state index contributed by atoms with van der Waals surface area (Å²) in [6, 6.07) is 4.30. The van der Waals surface area contributed by atoms with Crippen molar-refractivity contribution in [1.82, 2.24) is 5.32 Å². The Morgan fingerprint density at radius 1 is 1.32 bits per heavy atom. The van der Waals surface area contributed by atoms with Crippen molar-refractivity contribution in [2.45, 2.75) is 31.7 Å².